The fourth-order valence-electron chi connectivity index (χ4n) is 10.2. The van der Waals surface area contributed by atoms with Gasteiger partial charge in [-0.05, 0) is 129 Å². The highest BCUT2D eigenvalue weighted by Crippen LogP contribution is 2.28. The fraction of sp³-hybridized carbons (Fsp3) is 0.696. The summed E-state index contributed by atoms with van der Waals surface area (Å²) in [6.07, 6.45) is 9.24. The Balaban J connectivity index is 1.58. The summed E-state index contributed by atoms with van der Waals surface area (Å²) < 4.78 is 5.34. The van der Waals surface area contributed by atoms with Crippen molar-refractivity contribution in [2.45, 2.75) is 203 Å². The SMILES string of the molecule is CC(=O)C(C)(C)NC(=O)[C@H](CCCCN)NC(=O)[C@H](CC(N)=O)NC(=O)C(C)(C)NC(=O)[C@H](CC1CCCCC1)NC(=O)[C@H](Cc1ccncc1)NC(=O)[C@H](CCCN=C(N)N)NC(=O)[C@H]1CCCN1C(=O)[C@H](CO)NC(=O)NC1CCOCC1. The van der Waals surface area contributed by atoms with Gasteiger partial charge in [-0.25, -0.2) is 4.79 Å². The Labute approximate surface area is 496 Å². The summed E-state index contributed by atoms with van der Waals surface area (Å²) in [5.74, 6) is -8.02. The van der Waals surface area contributed by atoms with Gasteiger partial charge in [0.2, 0.25) is 53.2 Å². The van der Waals surface area contributed by atoms with Crippen LogP contribution in [0.4, 0.5) is 4.79 Å². The minimum absolute atomic E-state index is 0.0424. The number of nitrogens with two attached hydrogens (primary N) is 4. The average Bonchev–Trinajstić information content (AvgIpc) is 3.64. The zero-order chi connectivity index (χ0) is 62.9. The zero-order valence-electron chi connectivity index (χ0n) is 49.8. The number of carbonyl (C=O) groups excluding carboxylic acids is 11. The molecule has 3 heterocycles. The number of pyridine rings is 1. The van der Waals surface area contributed by atoms with Gasteiger partial charge in [0.05, 0.1) is 18.6 Å². The predicted molar refractivity (Wildman–Crippen MR) is 312 cm³/mol. The second-order valence-corrected chi connectivity index (χ2v) is 23.2. The van der Waals surface area contributed by atoms with Crippen molar-refractivity contribution in [2.75, 3.05) is 39.5 Å². The number of Topliss-reactive ketones (excluding diaryl/α,β-unsaturated/α-hetero) is 1. The van der Waals surface area contributed by atoms with E-state index in [1.807, 2.05) is 0 Å². The number of hydrogen-bond acceptors (Lipinski definition) is 16. The van der Waals surface area contributed by atoms with Crippen molar-refractivity contribution in [3.8, 4) is 0 Å². The third kappa shape index (κ3) is 23.5. The molecule has 29 heteroatoms. The largest absolute Gasteiger partial charge is 0.394 e. The van der Waals surface area contributed by atoms with E-state index in [0.29, 0.717) is 57.4 Å². The number of rotatable bonds is 33. The number of hydrogen-bond donors (Lipinski definition) is 14. The van der Waals surface area contributed by atoms with E-state index < -0.39 is 126 Å². The molecular weight excluding hydrogens is 1100 g/mol. The van der Waals surface area contributed by atoms with Gasteiger partial charge in [-0.3, -0.25) is 57.9 Å². The molecule has 4 rings (SSSR count). The first-order valence-corrected chi connectivity index (χ1v) is 29.4. The molecular formula is C56H92N16O13. The number of aliphatic hydroxyl groups is 1. The van der Waals surface area contributed by atoms with Gasteiger partial charge in [-0.15, -0.1) is 0 Å². The number of likely N-dealkylation sites (tertiary alicyclic amines) is 1. The maximum atomic E-state index is 14.8. The highest BCUT2D eigenvalue weighted by molar-refractivity contribution is 6.00. The molecule has 18 N–H and O–H groups in total. The summed E-state index contributed by atoms with van der Waals surface area (Å²) >= 11 is 0. The molecule has 0 aromatic carbocycles. The van der Waals surface area contributed by atoms with Crippen molar-refractivity contribution in [3.05, 3.63) is 30.1 Å². The average molecular weight is 1200 g/mol. The van der Waals surface area contributed by atoms with Gasteiger partial charge in [-0.2, -0.15) is 0 Å². The first-order chi connectivity index (χ1) is 40.2. The minimum Gasteiger partial charge on any atom is -0.394 e. The van der Waals surface area contributed by atoms with Crippen molar-refractivity contribution in [1.82, 2.24) is 57.7 Å². The Hall–Kier alpha value is -7.53. The number of aromatic nitrogens is 1. The zero-order valence-corrected chi connectivity index (χ0v) is 49.8. The molecule has 0 spiro atoms. The van der Waals surface area contributed by atoms with Gasteiger partial charge in [0.1, 0.15) is 47.8 Å². The Morgan fingerprint density at radius 1 is 0.682 bits per heavy atom. The van der Waals surface area contributed by atoms with Crippen LogP contribution in [0.1, 0.15) is 143 Å². The van der Waals surface area contributed by atoms with Crippen molar-refractivity contribution in [1.29, 1.82) is 0 Å². The lowest BCUT2D eigenvalue weighted by atomic mass is 9.84. The molecule has 0 unspecified atom stereocenters. The number of urea groups is 1. The summed E-state index contributed by atoms with van der Waals surface area (Å²) in [5.41, 5.74) is 19.8. The molecule has 2 aliphatic heterocycles. The number of primary amides is 1. The lowest BCUT2D eigenvalue weighted by Crippen LogP contribution is -2.64. The molecule has 1 aliphatic carbocycles. The Morgan fingerprint density at radius 3 is 1.89 bits per heavy atom. The molecule has 0 bridgehead atoms. The number of unbranched alkanes of at least 4 members (excludes halogenated alkanes) is 1. The van der Waals surface area contributed by atoms with Crippen LogP contribution in [-0.2, 0) is 59.1 Å². The lowest BCUT2D eigenvalue weighted by molar-refractivity contribution is -0.141. The number of ketones is 1. The number of guanidine groups is 1. The van der Waals surface area contributed by atoms with E-state index in [-0.39, 0.29) is 75.3 Å². The van der Waals surface area contributed by atoms with Crippen LogP contribution in [0.15, 0.2) is 29.5 Å². The number of ether oxygens (including phenoxy) is 1. The van der Waals surface area contributed by atoms with E-state index in [1.54, 1.807) is 12.1 Å². The highest BCUT2D eigenvalue weighted by Gasteiger charge is 2.41. The van der Waals surface area contributed by atoms with Crippen LogP contribution in [0, 0.1) is 5.92 Å². The van der Waals surface area contributed by atoms with E-state index in [4.69, 9.17) is 27.7 Å². The molecule has 1 saturated carbocycles. The van der Waals surface area contributed by atoms with Gasteiger partial charge in [0.25, 0.3) is 0 Å². The number of nitrogens with zero attached hydrogens (tertiary/aromatic N) is 3. The minimum atomic E-state index is -1.84. The number of carbonyl (C=O) groups is 11. The maximum absolute atomic E-state index is 14.8. The van der Waals surface area contributed by atoms with Gasteiger partial charge in [-0.1, -0.05) is 32.1 Å². The molecule has 85 heavy (non-hydrogen) atoms. The Kier molecular flexibility index (Phi) is 28.3. The third-order valence-electron chi connectivity index (χ3n) is 15.4. The van der Waals surface area contributed by atoms with Gasteiger partial charge >= 0.3 is 6.03 Å². The lowest BCUT2D eigenvalue weighted by Gasteiger charge is -2.33. The van der Waals surface area contributed by atoms with Gasteiger partial charge < -0.3 is 85.5 Å². The van der Waals surface area contributed by atoms with Crippen molar-refractivity contribution < 1.29 is 62.6 Å². The topological polar surface area (TPSA) is 458 Å². The second-order valence-electron chi connectivity index (χ2n) is 23.2. The molecule has 11 amide bonds. The van der Waals surface area contributed by atoms with Crippen LogP contribution in [0.3, 0.4) is 0 Å². The van der Waals surface area contributed by atoms with E-state index in [2.05, 4.69) is 57.8 Å². The number of aliphatic imine (C=N–C) groups is 1. The van der Waals surface area contributed by atoms with E-state index in [1.165, 1.54) is 51.9 Å². The van der Waals surface area contributed by atoms with Crippen LogP contribution in [0.25, 0.3) is 0 Å². The molecule has 7 atom stereocenters. The summed E-state index contributed by atoms with van der Waals surface area (Å²) in [6, 6.07) is -7.02. The third-order valence-corrected chi connectivity index (χ3v) is 15.4. The first kappa shape index (κ1) is 70.0. The molecule has 3 aliphatic rings. The van der Waals surface area contributed by atoms with Crippen molar-refractivity contribution in [2.24, 2.45) is 33.8 Å². The second kappa shape index (κ2) is 34.4. The van der Waals surface area contributed by atoms with Crippen LogP contribution in [0.5, 0.6) is 0 Å². The van der Waals surface area contributed by atoms with E-state index in [9.17, 15) is 57.8 Å². The number of nitrogens with one attached hydrogen (secondary N) is 9. The normalized spacial score (nSPS) is 17.9. The highest BCUT2D eigenvalue weighted by atomic mass is 16.5. The summed E-state index contributed by atoms with van der Waals surface area (Å²) in [6.45, 7) is 7.59. The van der Waals surface area contributed by atoms with Crippen LogP contribution in [0.2, 0.25) is 0 Å². The standard InChI is InChI=1S/C56H92N16O13/c1-33(74)55(2,3)70-48(79)38(15-9-10-22-57)64-47(78)41(31-44(58)75)68-52(83)56(4,5)71-49(80)40(29-34-13-7-6-8-14-34)67-46(77)39(30-35-18-24-61-25-19-35)66-45(76)37(16-11-23-62-53(59)60)65-50(81)43-17-12-26-72(43)51(82)42(32-73)69-54(84)63-36-20-27-85-28-21-36/h18-19,24-25,34,36-43,73H,6-17,20-23,26-32,57H2,1-5H3,(H2,58,75)(H,64,78)(H,65,81)(H,66,76)(H,67,77)(H,68,83)(H,70,79)(H,71,80)(H4,59,60,62)(H2,63,69,84)/t37-,38-,39-,40-,41-,42-,43+/m0/s1. The monoisotopic (exact) mass is 1200 g/mol. The van der Waals surface area contributed by atoms with E-state index in [0.717, 1.165) is 32.1 Å². The molecule has 3 fully saturated rings. The summed E-state index contributed by atoms with van der Waals surface area (Å²) in [7, 11) is 0. The number of amides is 11. The predicted octanol–water partition coefficient (Wildman–Crippen LogP) is -2.71. The van der Waals surface area contributed by atoms with Gasteiger partial charge in [0.15, 0.2) is 11.7 Å². The van der Waals surface area contributed by atoms with Crippen molar-refractivity contribution >= 4 is 70.9 Å². The molecule has 1 aromatic heterocycles. The first-order valence-electron chi connectivity index (χ1n) is 29.4. The maximum Gasteiger partial charge on any atom is 0.315 e. The van der Waals surface area contributed by atoms with Crippen molar-refractivity contribution in [3.63, 3.8) is 0 Å². The van der Waals surface area contributed by atoms with E-state index >= 15 is 0 Å². The fourth-order valence-corrected chi connectivity index (χ4v) is 10.2. The van der Waals surface area contributed by atoms with Crippen LogP contribution < -0.4 is 70.8 Å². The Bertz CT molecular complexity index is 2480. The van der Waals surface area contributed by atoms with Crippen LogP contribution in [-0.4, -0.2) is 185 Å². The quantitative estimate of drug-likeness (QED) is 0.0193. The summed E-state index contributed by atoms with van der Waals surface area (Å²) in [4.78, 5) is 160. The molecule has 0 radical (unpaired) electrons. The van der Waals surface area contributed by atoms with Crippen LogP contribution >= 0.6 is 0 Å². The molecule has 2 saturated heterocycles. The molecule has 29 nitrogen and oxygen atoms in total. The number of aliphatic hydroxyl groups excluding tert-OH is 1. The summed E-state index contributed by atoms with van der Waals surface area (Å²) in [5, 5.41) is 34.3. The smallest absolute Gasteiger partial charge is 0.315 e. The molecule has 1 aromatic rings. The van der Waals surface area contributed by atoms with Gasteiger partial charge in [0, 0.05) is 51.2 Å². The Morgan fingerprint density at radius 2 is 1.27 bits per heavy atom. The molecule has 474 valence electrons.